The van der Waals surface area contributed by atoms with Gasteiger partial charge in [-0.3, -0.25) is 0 Å². The third-order valence-corrected chi connectivity index (χ3v) is 0.982. The zero-order valence-corrected chi connectivity index (χ0v) is 7.40. The first-order valence-corrected chi connectivity index (χ1v) is 4.01. The first-order valence-electron chi connectivity index (χ1n) is 2.89. The van der Waals surface area contributed by atoms with Gasteiger partial charge in [0.2, 0.25) is 0 Å². The minimum atomic E-state index is -0.167. The van der Waals surface area contributed by atoms with Gasteiger partial charge in [-0.2, -0.15) is 0 Å². The van der Waals surface area contributed by atoms with Crippen LogP contribution in [-0.2, 0) is 0 Å². The average Bonchev–Trinajstić information content (AvgIpc) is 1.65. The normalized spacial score (nSPS) is 8.25. The van der Waals surface area contributed by atoms with Crippen molar-refractivity contribution in [1.29, 1.82) is 0 Å². The smallest absolute Gasteiger partial charge is 0.0483 e. The van der Waals surface area contributed by atoms with Gasteiger partial charge in [-0.1, -0.05) is 22.9 Å². The number of rotatable bonds is 1. The van der Waals surface area contributed by atoms with Gasteiger partial charge in [0.1, 0.15) is 0 Å². The van der Waals surface area contributed by atoms with Crippen LogP contribution in [0.5, 0.6) is 0 Å². The van der Waals surface area contributed by atoms with Gasteiger partial charge in [0.05, 0.1) is 0 Å². The highest BCUT2D eigenvalue weighted by Crippen LogP contribution is 1.80. The third kappa shape index (κ3) is 91.9. The molecule has 0 unspecified atom stereocenters. The molecule has 0 amide bonds. The monoisotopic (exact) mass is 182 g/mol. The number of hydrogen-bond donors (Lipinski definition) is 1. The molecule has 0 saturated heterocycles. The molecule has 0 aromatic heterocycles. The standard InChI is InChI=1S/C3H7Br.C3H8O/c1-2-3-4;1-3(2)4/h2-3H2,1H3;3-4H,1-2H3. The summed E-state index contributed by atoms with van der Waals surface area (Å²) in [7, 11) is 0. The summed E-state index contributed by atoms with van der Waals surface area (Å²) >= 11 is 3.25. The number of aliphatic hydroxyl groups is 1. The van der Waals surface area contributed by atoms with Crippen LogP contribution >= 0.6 is 15.9 Å². The highest BCUT2D eigenvalue weighted by Gasteiger charge is 1.69. The minimum Gasteiger partial charge on any atom is -0.394 e. The molecule has 0 aromatic carbocycles. The van der Waals surface area contributed by atoms with E-state index in [1.807, 2.05) is 0 Å². The van der Waals surface area contributed by atoms with Crippen molar-refractivity contribution in [2.75, 3.05) is 5.33 Å². The Morgan fingerprint density at radius 3 is 1.62 bits per heavy atom. The minimum absolute atomic E-state index is 0.167. The van der Waals surface area contributed by atoms with Crippen LogP contribution in [-0.4, -0.2) is 16.5 Å². The van der Waals surface area contributed by atoms with Gasteiger partial charge in [-0.05, 0) is 20.3 Å². The van der Waals surface area contributed by atoms with Gasteiger partial charge in [-0.15, -0.1) is 0 Å². The van der Waals surface area contributed by atoms with E-state index in [0.717, 1.165) is 5.33 Å². The fourth-order valence-electron chi connectivity index (χ4n) is 0. The van der Waals surface area contributed by atoms with Crippen LogP contribution in [0.2, 0.25) is 0 Å². The molecule has 8 heavy (non-hydrogen) atoms. The molecule has 0 aliphatic rings. The summed E-state index contributed by atoms with van der Waals surface area (Å²) in [5.41, 5.74) is 0. The average molecular weight is 183 g/mol. The summed E-state index contributed by atoms with van der Waals surface area (Å²) in [4.78, 5) is 0. The summed E-state index contributed by atoms with van der Waals surface area (Å²) in [6.07, 6.45) is 1.07. The zero-order valence-electron chi connectivity index (χ0n) is 5.82. The Bertz CT molecular complexity index is 25.0. The second-order valence-corrected chi connectivity index (χ2v) is 2.58. The first-order chi connectivity index (χ1) is 3.65. The maximum Gasteiger partial charge on any atom is 0.0483 e. The van der Waals surface area contributed by atoms with Crippen molar-refractivity contribution in [2.24, 2.45) is 0 Å². The highest BCUT2D eigenvalue weighted by molar-refractivity contribution is 9.09. The maximum absolute atomic E-state index is 8.06. The lowest BCUT2D eigenvalue weighted by atomic mass is 10.5. The molecule has 1 nitrogen and oxygen atoms in total. The predicted octanol–water partition coefficient (Wildman–Crippen LogP) is 2.18. The Balaban J connectivity index is 0. The molecule has 0 spiro atoms. The number of hydrogen-bond acceptors (Lipinski definition) is 1. The fourth-order valence-corrected chi connectivity index (χ4v) is 0. The Hall–Kier alpha value is 0.440. The van der Waals surface area contributed by atoms with Crippen LogP contribution in [0.3, 0.4) is 0 Å². The van der Waals surface area contributed by atoms with E-state index in [1.54, 1.807) is 13.8 Å². The van der Waals surface area contributed by atoms with Crippen LogP contribution in [0.4, 0.5) is 0 Å². The molecule has 0 bridgehead atoms. The second kappa shape index (κ2) is 10.4. The lowest BCUT2D eigenvalue weighted by Gasteiger charge is -1.80. The van der Waals surface area contributed by atoms with Gasteiger partial charge in [0, 0.05) is 11.4 Å². The van der Waals surface area contributed by atoms with Gasteiger partial charge in [-0.25, -0.2) is 0 Å². The summed E-state index contributed by atoms with van der Waals surface area (Å²) in [5, 5.41) is 9.19. The van der Waals surface area contributed by atoms with Crippen molar-refractivity contribution in [1.82, 2.24) is 0 Å². The molecule has 0 fully saturated rings. The Labute approximate surface area is 60.2 Å². The SMILES string of the molecule is CC(C)O.CCCBr. The van der Waals surface area contributed by atoms with Gasteiger partial charge < -0.3 is 5.11 Å². The quantitative estimate of drug-likeness (QED) is 0.617. The summed E-state index contributed by atoms with van der Waals surface area (Å²) < 4.78 is 0. The molecule has 0 rings (SSSR count). The predicted molar refractivity (Wildman–Crippen MR) is 41.4 cm³/mol. The van der Waals surface area contributed by atoms with Crippen molar-refractivity contribution in [3.63, 3.8) is 0 Å². The molecule has 0 saturated carbocycles. The highest BCUT2D eigenvalue weighted by atomic mass is 79.9. The first kappa shape index (κ1) is 11.3. The topological polar surface area (TPSA) is 20.2 Å². The fraction of sp³-hybridized carbons (Fsp3) is 1.00. The summed E-state index contributed by atoms with van der Waals surface area (Å²) in [6.45, 7) is 5.58. The van der Waals surface area contributed by atoms with Crippen LogP contribution in [0.1, 0.15) is 27.2 Å². The van der Waals surface area contributed by atoms with Crippen LogP contribution in [0.25, 0.3) is 0 Å². The molecule has 0 radical (unpaired) electrons. The van der Waals surface area contributed by atoms with Crippen LogP contribution in [0, 0.1) is 0 Å². The van der Waals surface area contributed by atoms with Gasteiger partial charge in [0.15, 0.2) is 0 Å². The van der Waals surface area contributed by atoms with Crippen molar-refractivity contribution in [3.05, 3.63) is 0 Å². The number of halogens is 1. The number of aliphatic hydroxyl groups excluding tert-OH is 1. The molecular weight excluding hydrogens is 168 g/mol. The Morgan fingerprint density at radius 1 is 1.50 bits per heavy atom. The molecular formula is C6H15BrO. The maximum atomic E-state index is 8.06. The molecule has 0 atom stereocenters. The third-order valence-electron chi connectivity index (χ3n) is 0.189. The van der Waals surface area contributed by atoms with Crippen molar-refractivity contribution >= 4 is 15.9 Å². The van der Waals surface area contributed by atoms with E-state index in [4.69, 9.17) is 5.11 Å². The lowest BCUT2D eigenvalue weighted by Crippen LogP contribution is -1.85. The van der Waals surface area contributed by atoms with E-state index in [2.05, 4.69) is 22.9 Å². The van der Waals surface area contributed by atoms with E-state index in [9.17, 15) is 0 Å². The van der Waals surface area contributed by atoms with E-state index in [-0.39, 0.29) is 6.10 Å². The van der Waals surface area contributed by atoms with Crippen LogP contribution in [0.15, 0.2) is 0 Å². The molecule has 2 heteroatoms. The lowest BCUT2D eigenvalue weighted by molar-refractivity contribution is 0.216. The molecule has 1 N–H and O–H groups in total. The van der Waals surface area contributed by atoms with Crippen molar-refractivity contribution < 1.29 is 5.11 Å². The van der Waals surface area contributed by atoms with E-state index in [1.165, 1.54) is 6.42 Å². The van der Waals surface area contributed by atoms with Gasteiger partial charge >= 0.3 is 0 Å². The second-order valence-electron chi connectivity index (χ2n) is 1.78. The van der Waals surface area contributed by atoms with Crippen molar-refractivity contribution in [2.45, 2.75) is 33.3 Å². The van der Waals surface area contributed by atoms with Gasteiger partial charge in [0.25, 0.3) is 0 Å². The van der Waals surface area contributed by atoms with Crippen molar-refractivity contribution in [3.8, 4) is 0 Å². The Kier molecular flexibility index (Phi) is 14.7. The van der Waals surface area contributed by atoms with Crippen LogP contribution < -0.4 is 0 Å². The summed E-state index contributed by atoms with van der Waals surface area (Å²) in [6, 6.07) is 0. The summed E-state index contributed by atoms with van der Waals surface area (Å²) in [5.74, 6) is 0. The van der Waals surface area contributed by atoms with E-state index >= 15 is 0 Å². The molecule has 0 aliphatic heterocycles. The molecule has 0 aromatic rings. The molecule has 0 aliphatic carbocycles. The van der Waals surface area contributed by atoms with E-state index < -0.39 is 0 Å². The Morgan fingerprint density at radius 2 is 1.62 bits per heavy atom. The van der Waals surface area contributed by atoms with E-state index in [0.29, 0.717) is 0 Å². The molecule has 0 heterocycles. The zero-order chi connectivity index (χ0) is 6.99. The molecule has 52 valence electrons. The largest absolute Gasteiger partial charge is 0.394 e. The number of alkyl halides is 1.